The predicted octanol–water partition coefficient (Wildman–Crippen LogP) is 8.15. The lowest BCUT2D eigenvalue weighted by Crippen LogP contribution is -2.04. The molecule has 0 saturated carbocycles. The van der Waals surface area contributed by atoms with Crippen LogP contribution in [0, 0.1) is 0 Å². The maximum Gasteiger partial charge on any atom is 0.119 e. The molecule has 144 valence electrons. The monoisotopic (exact) mass is 346 g/mol. The van der Waals surface area contributed by atoms with Crippen molar-refractivity contribution in [2.24, 2.45) is 0 Å². The van der Waals surface area contributed by atoms with Crippen molar-refractivity contribution >= 4 is 0 Å². The summed E-state index contributed by atoms with van der Waals surface area (Å²) in [6.07, 6.45) is 18.1. The molecule has 0 aliphatic rings. The third-order valence-corrected chi connectivity index (χ3v) is 5.45. The molecule has 1 aromatic carbocycles. The van der Waals surface area contributed by atoms with Crippen LogP contribution in [0.1, 0.15) is 121 Å². The van der Waals surface area contributed by atoms with Crippen LogP contribution in [0.4, 0.5) is 0 Å². The van der Waals surface area contributed by atoms with E-state index in [-0.39, 0.29) is 0 Å². The first-order valence-corrected chi connectivity index (χ1v) is 11.0. The minimum atomic E-state index is 0.526. The van der Waals surface area contributed by atoms with Crippen LogP contribution in [0.15, 0.2) is 18.2 Å². The second-order valence-electron chi connectivity index (χ2n) is 7.70. The van der Waals surface area contributed by atoms with Crippen LogP contribution in [-0.4, -0.2) is 5.11 Å². The van der Waals surface area contributed by atoms with Gasteiger partial charge in [-0.2, -0.15) is 0 Å². The Kier molecular flexibility index (Phi) is 12.5. The second kappa shape index (κ2) is 14.2. The Morgan fingerprint density at radius 2 is 1.36 bits per heavy atom. The first kappa shape index (κ1) is 22.1. The van der Waals surface area contributed by atoms with Crippen LogP contribution < -0.4 is 0 Å². The van der Waals surface area contributed by atoms with Crippen LogP contribution in [0.3, 0.4) is 0 Å². The van der Waals surface area contributed by atoms with Crippen molar-refractivity contribution in [2.45, 2.75) is 117 Å². The fraction of sp³-hybridized carbons (Fsp3) is 0.750. The van der Waals surface area contributed by atoms with Crippen LogP contribution in [0.25, 0.3) is 0 Å². The van der Waals surface area contributed by atoms with Gasteiger partial charge in [0.1, 0.15) is 5.75 Å². The molecule has 1 aromatic rings. The molecule has 25 heavy (non-hydrogen) atoms. The third kappa shape index (κ3) is 8.79. The number of benzene rings is 1. The molecule has 0 aromatic heterocycles. The summed E-state index contributed by atoms with van der Waals surface area (Å²) in [4.78, 5) is 0. The average Bonchev–Trinajstić information content (AvgIpc) is 2.62. The summed E-state index contributed by atoms with van der Waals surface area (Å²) in [5, 5.41) is 10.4. The van der Waals surface area contributed by atoms with E-state index in [1.165, 1.54) is 94.6 Å². The van der Waals surface area contributed by atoms with E-state index in [2.05, 4.69) is 26.8 Å². The van der Waals surface area contributed by atoms with E-state index in [0.717, 1.165) is 6.42 Å². The maximum absolute atomic E-state index is 10.4. The fourth-order valence-electron chi connectivity index (χ4n) is 3.94. The normalized spacial score (nSPS) is 12.4. The number of phenolic OH excluding ortho intramolecular Hbond substituents is 1. The Labute approximate surface area is 157 Å². The summed E-state index contributed by atoms with van der Waals surface area (Å²) in [6, 6.07) is 6.19. The highest BCUT2D eigenvalue weighted by Gasteiger charge is 2.16. The van der Waals surface area contributed by atoms with Gasteiger partial charge in [0.25, 0.3) is 0 Å². The molecule has 1 unspecified atom stereocenters. The van der Waals surface area contributed by atoms with E-state index in [0.29, 0.717) is 11.7 Å². The molecular formula is C24H42O. The third-order valence-electron chi connectivity index (χ3n) is 5.45. The molecule has 0 aliphatic carbocycles. The molecule has 1 atom stereocenters. The van der Waals surface area contributed by atoms with E-state index >= 15 is 0 Å². The zero-order chi connectivity index (χ0) is 18.3. The lowest BCUT2D eigenvalue weighted by atomic mass is 9.85. The standard InChI is InChI=1S/C24H42O/c1-4-7-9-10-11-12-13-14-18-23-22(19-15-20-24(23)25)21(16-6-3)17-8-5-2/h15,19-21,25H,4-14,16-18H2,1-3H3. The van der Waals surface area contributed by atoms with Crippen molar-refractivity contribution in [3.8, 4) is 5.75 Å². The maximum atomic E-state index is 10.4. The van der Waals surface area contributed by atoms with E-state index in [1.54, 1.807) is 0 Å². The lowest BCUT2D eigenvalue weighted by molar-refractivity contribution is 0.459. The van der Waals surface area contributed by atoms with Crippen molar-refractivity contribution in [1.29, 1.82) is 0 Å². The van der Waals surface area contributed by atoms with Crippen LogP contribution in [0.5, 0.6) is 5.75 Å². The molecule has 0 amide bonds. The van der Waals surface area contributed by atoms with Crippen molar-refractivity contribution in [3.05, 3.63) is 29.3 Å². The molecule has 0 bridgehead atoms. The molecule has 0 fully saturated rings. The Hall–Kier alpha value is -0.980. The number of rotatable bonds is 15. The van der Waals surface area contributed by atoms with Gasteiger partial charge >= 0.3 is 0 Å². The minimum absolute atomic E-state index is 0.526. The number of unbranched alkanes of at least 4 members (excludes halogenated alkanes) is 8. The lowest BCUT2D eigenvalue weighted by Gasteiger charge is -2.21. The van der Waals surface area contributed by atoms with Crippen molar-refractivity contribution < 1.29 is 5.11 Å². The number of hydrogen-bond acceptors (Lipinski definition) is 1. The van der Waals surface area contributed by atoms with E-state index in [4.69, 9.17) is 0 Å². The number of hydrogen-bond donors (Lipinski definition) is 1. The highest BCUT2D eigenvalue weighted by atomic mass is 16.3. The molecule has 1 N–H and O–H groups in total. The second-order valence-corrected chi connectivity index (χ2v) is 7.70. The van der Waals surface area contributed by atoms with Gasteiger partial charge in [-0.15, -0.1) is 0 Å². The van der Waals surface area contributed by atoms with Crippen LogP contribution in [-0.2, 0) is 6.42 Å². The van der Waals surface area contributed by atoms with E-state index < -0.39 is 0 Å². The SMILES string of the molecule is CCCCCCCCCCc1c(O)cccc1C(CCC)CCCC. The summed E-state index contributed by atoms with van der Waals surface area (Å²) in [5.74, 6) is 1.15. The quantitative estimate of drug-likeness (QED) is 0.318. The first-order valence-electron chi connectivity index (χ1n) is 11.0. The van der Waals surface area contributed by atoms with Gasteiger partial charge in [0, 0.05) is 0 Å². The summed E-state index contributed by atoms with van der Waals surface area (Å²) >= 11 is 0. The molecular weight excluding hydrogens is 304 g/mol. The summed E-state index contributed by atoms with van der Waals surface area (Å²) < 4.78 is 0. The van der Waals surface area contributed by atoms with Gasteiger partial charge in [0.15, 0.2) is 0 Å². The van der Waals surface area contributed by atoms with E-state index in [1.807, 2.05) is 12.1 Å². The van der Waals surface area contributed by atoms with Crippen molar-refractivity contribution in [2.75, 3.05) is 0 Å². The van der Waals surface area contributed by atoms with E-state index in [9.17, 15) is 5.11 Å². The molecule has 0 aliphatic heterocycles. The van der Waals surface area contributed by atoms with Gasteiger partial charge in [-0.1, -0.05) is 97.1 Å². The van der Waals surface area contributed by atoms with Gasteiger partial charge in [0.05, 0.1) is 0 Å². The van der Waals surface area contributed by atoms with Gasteiger partial charge in [-0.05, 0) is 48.8 Å². The molecule has 0 spiro atoms. The van der Waals surface area contributed by atoms with Gasteiger partial charge in [-0.3, -0.25) is 0 Å². The molecule has 0 heterocycles. The Morgan fingerprint density at radius 1 is 0.720 bits per heavy atom. The fourth-order valence-corrected chi connectivity index (χ4v) is 3.94. The highest BCUT2D eigenvalue weighted by molar-refractivity contribution is 5.41. The molecule has 1 rings (SSSR count). The molecule has 0 saturated heterocycles. The zero-order valence-corrected chi connectivity index (χ0v) is 17.2. The predicted molar refractivity (Wildman–Crippen MR) is 112 cm³/mol. The largest absolute Gasteiger partial charge is 0.508 e. The van der Waals surface area contributed by atoms with Gasteiger partial charge < -0.3 is 5.11 Å². The Bertz CT molecular complexity index is 438. The van der Waals surface area contributed by atoms with Crippen molar-refractivity contribution in [3.63, 3.8) is 0 Å². The highest BCUT2D eigenvalue weighted by Crippen LogP contribution is 2.34. The van der Waals surface area contributed by atoms with Crippen LogP contribution >= 0.6 is 0 Å². The van der Waals surface area contributed by atoms with Crippen molar-refractivity contribution in [1.82, 2.24) is 0 Å². The first-order chi connectivity index (χ1) is 12.2. The average molecular weight is 347 g/mol. The van der Waals surface area contributed by atoms with Crippen LogP contribution in [0.2, 0.25) is 0 Å². The summed E-state index contributed by atoms with van der Waals surface area (Å²) in [7, 11) is 0. The number of phenols is 1. The summed E-state index contributed by atoms with van der Waals surface area (Å²) in [6.45, 7) is 6.82. The topological polar surface area (TPSA) is 20.2 Å². The Morgan fingerprint density at radius 3 is 2.00 bits per heavy atom. The zero-order valence-electron chi connectivity index (χ0n) is 17.2. The van der Waals surface area contributed by atoms with Gasteiger partial charge in [-0.25, -0.2) is 0 Å². The Balaban J connectivity index is 2.54. The minimum Gasteiger partial charge on any atom is -0.508 e. The van der Waals surface area contributed by atoms with Gasteiger partial charge in [0.2, 0.25) is 0 Å². The smallest absolute Gasteiger partial charge is 0.119 e. The molecule has 1 heteroatoms. The molecule has 1 nitrogen and oxygen atoms in total. The number of aromatic hydroxyl groups is 1. The summed E-state index contributed by atoms with van der Waals surface area (Å²) in [5.41, 5.74) is 2.67. The molecule has 0 radical (unpaired) electrons.